The summed E-state index contributed by atoms with van der Waals surface area (Å²) in [5.74, 6) is 1.98. The molecule has 0 aliphatic heterocycles. The molecule has 0 fully saturated rings. The summed E-state index contributed by atoms with van der Waals surface area (Å²) in [5.41, 5.74) is 2.03. The number of halogens is 1. The molecule has 7 nitrogen and oxygen atoms in total. The van der Waals surface area contributed by atoms with E-state index in [1.165, 1.54) is 0 Å². The van der Waals surface area contributed by atoms with Crippen LogP contribution in [0, 0.1) is 0 Å². The number of benzene rings is 2. The van der Waals surface area contributed by atoms with E-state index in [0.717, 1.165) is 11.1 Å². The second-order valence-electron chi connectivity index (χ2n) is 5.58. The van der Waals surface area contributed by atoms with E-state index in [0.29, 0.717) is 42.2 Å². The highest BCUT2D eigenvalue weighted by Gasteiger charge is 2.08. The molecule has 0 aliphatic rings. The molecule has 136 valence electrons. The predicted molar refractivity (Wildman–Crippen MR) is 99.6 cm³/mol. The number of methoxy groups -OCH3 is 1. The lowest BCUT2D eigenvalue weighted by molar-refractivity contribution is 0.284. The van der Waals surface area contributed by atoms with Crippen molar-refractivity contribution < 1.29 is 9.47 Å². The lowest BCUT2D eigenvalue weighted by Crippen LogP contribution is -2.08. The number of aryl methyl sites for hydroxylation is 1. The molecule has 1 aromatic heterocycles. The summed E-state index contributed by atoms with van der Waals surface area (Å²) in [5, 5.41) is 15.4. The molecule has 0 amide bonds. The molecule has 0 spiro atoms. The van der Waals surface area contributed by atoms with Gasteiger partial charge in [-0.2, -0.15) is 0 Å². The highest BCUT2D eigenvalue weighted by molar-refractivity contribution is 6.30. The number of anilines is 1. The lowest BCUT2D eigenvalue weighted by Gasteiger charge is -2.13. The molecule has 0 radical (unpaired) electrons. The number of nitrogens with one attached hydrogen (secondary N) is 1. The SMILES string of the molecule is CCn1nnnc1NCc1ccc(OCc2cccc(Cl)c2)c(OC)c1. The van der Waals surface area contributed by atoms with Gasteiger partial charge in [0, 0.05) is 18.1 Å². The number of tetrazole rings is 1. The molecule has 2 aromatic carbocycles. The fourth-order valence-electron chi connectivity index (χ4n) is 2.45. The zero-order valence-corrected chi connectivity index (χ0v) is 15.4. The van der Waals surface area contributed by atoms with Crippen LogP contribution in [0.5, 0.6) is 11.5 Å². The summed E-state index contributed by atoms with van der Waals surface area (Å²) < 4.78 is 13.0. The van der Waals surface area contributed by atoms with Gasteiger partial charge < -0.3 is 14.8 Å². The summed E-state index contributed by atoms with van der Waals surface area (Å²) >= 11 is 6.00. The topological polar surface area (TPSA) is 74.1 Å². The number of aromatic nitrogens is 4. The maximum Gasteiger partial charge on any atom is 0.243 e. The zero-order valence-electron chi connectivity index (χ0n) is 14.6. The van der Waals surface area contributed by atoms with Crippen molar-refractivity contribution in [1.82, 2.24) is 20.2 Å². The fourth-order valence-corrected chi connectivity index (χ4v) is 2.67. The van der Waals surface area contributed by atoms with Crippen molar-refractivity contribution in [3.8, 4) is 11.5 Å². The molecule has 0 atom stereocenters. The molecule has 3 aromatic rings. The van der Waals surface area contributed by atoms with E-state index in [-0.39, 0.29) is 0 Å². The smallest absolute Gasteiger partial charge is 0.243 e. The van der Waals surface area contributed by atoms with E-state index in [9.17, 15) is 0 Å². The van der Waals surface area contributed by atoms with Crippen LogP contribution in [0.25, 0.3) is 0 Å². The Morgan fingerprint density at radius 3 is 2.77 bits per heavy atom. The highest BCUT2D eigenvalue weighted by atomic mass is 35.5. The van der Waals surface area contributed by atoms with Crippen LogP contribution in [0.15, 0.2) is 42.5 Å². The molecular weight excluding hydrogens is 354 g/mol. The molecule has 0 unspecified atom stereocenters. The van der Waals surface area contributed by atoms with Gasteiger partial charge in [-0.3, -0.25) is 0 Å². The summed E-state index contributed by atoms with van der Waals surface area (Å²) in [4.78, 5) is 0. The van der Waals surface area contributed by atoms with Gasteiger partial charge in [-0.1, -0.05) is 34.9 Å². The van der Waals surface area contributed by atoms with Gasteiger partial charge in [-0.25, -0.2) is 4.68 Å². The van der Waals surface area contributed by atoms with Crippen molar-refractivity contribution in [2.45, 2.75) is 26.6 Å². The number of hydrogen-bond donors (Lipinski definition) is 1. The lowest BCUT2D eigenvalue weighted by atomic mass is 10.2. The van der Waals surface area contributed by atoms with Gasteiger partial charge in [0.25, 0.3) is 0 Å². The van der Waals surface area contributed by atoms with Crippen molar-refractivity contribution in [2.24, 2.45) is 0 Å². The van der Waals surface area contributed by atoms with Crippen LogP contribution in [0.4, 0.5) is 5.95 Å². The number of ether oxygens (including phenoxy) is 2. The Kier molecular flexibility index (Phi) is 5.91. The molecule has 0 saturated heterocycles. The Balaban J connectivity index is 1.65. The van der Waals surface area contributed by atoms with Crippen LogP contribution in [0.2, 0.25) is 5.02 Å². The Morgan fingerprint density at radius 2 is 2.00 bits per heavy atom. The van der Waals surface area contributed by atoms with Crippen molar-refractivity contribution in [3.05, 3.63) is 58.6 Å². The van der Waals surface area contributed by atoms with Crippen LogP contribution >= 0.6 is 11.6 Å². The Labute approximate surface area is 156 Å². The van der Waals surface area contributed by atoms with Crippen LogP contribution in [0.1, 0.15) is 18.1 Å². The Morgan fingerprint density at radius 1 is 1.12 bits per heavy atom. The zero-order chi connectivity index (χ0) is 18.4. The summed E-state index contributed by atoms with van der Waals surface area (Å²) in [6.07, 6.45) is 0. The maximum atomic E-state index is 6.00. The Bertz CT molecular complexity index is 868. The largest absolute Gasteiger partial charge is 0.493 e. The third kappa shape index (κ3) is 4.43. The van der Waals surface area contributed by atoms with Gasteiger partial charge in [-0.15, -0.1) is 0 Å². The maximum absolute atomic E-state index is 6.00. The molecule has 26 heavy (non-hydrogen) atoms. The molecule has 0 bridgehead atoms. The molecule has 3 rings (SSSR count). The summed E-state index contributed by atoms with van der Waals surface area (Å²) in [7, 11) is 1.62. The van der Waals surface area contributed by atoms with Gasteiger partial charge in [-0.05, 0) is 52.7 Å². The summed E-state index contributed by atoms with van der Waals surface area (Å²) in [6, 6.07) is 13.4. The minimum absolute atomic E-state index is 0.416. The number of hydrogen-bond acceptors (Lipinski definition) is 6. The predicted octanol–water partition coefficient (Wildman–Crippen LogP) is 3.55. The van der Waals surface area contributed by atoms with Crippen molar-refractivity contribution in [2.75, 3.05) is 12.4 Å². The minimum Gasteiger partial charge on any atom is -0.493 e. The van der Waals surface area contributed by atoms with Gasteiger partial charge in [0.15, 0.2) is 11.5 Å². The normalized spacial score (nSPS) is 10.6. The number of rotatable bonds is 8. The standard InChI is InChI=1S/C18H20ClN5O2/c1-3-24-18(21-22-23-24)20-11-13-7-8-16(17(10-13)25-2)26-12-14-5-4-6-15(19)9-14/h4-10H,3,11-12H2,1-2H3,(H,20,21,23). The third-order valence-electron chi connectivity index (χ3n) is 3.79. The minimum atomic E-state index is 0.416. The quantitative estimate of drug-likeness (QED) is 0.651. The van der Waals surface area contributed by atoms with Crippen LogP contribution in [0.3, 0.4) is 0 Å². The van der Waals surface area contributed by atoms with Crippen molar-refractivity contribution in [1.29, 1.82) is 0 Å². The first-order valence-corrected chi connectivity index (χ1v) is 8.61. The number of nitrogens with zero attached hydrogens (tertiary/aromatic N) is 4. The average Bonchev–Trinajstić information content (AvgIpc) is 3.12. The van der Waals surface area contributed by atoms with Crippen LogP contribution in [-0.4, -0.2) is 27.3 Å². The van der Waals surface area contributed by atoms with Gasteiger partial charge >= 0.3 is 0 Å². The van der Waals surface area contributed by atoms with E-state index in [4.69, 9.17) is 21.1 Å². The van der Waals surface area contributed by atoms with E-state index in [1.54, 1.807) is 11.8 Å². The molecule has 1 N–H and O–H groups in total. The highest BCUT2D eigenvalue weighted by Crippen LogP contribution is 2.29. The summed E-state index contributed by atoms with van der Waals surface area (Å²) in [6.45, 7) is 3.68. The first-order chi connectivity index (χ1) is 12.7. The fraction of sp³-hybridized carbons (Fsp3) is 0.278. The average molecular weight is 374 g/mol. The first kappa shape index (κ1) is 18.0. The van der Waals surface area contributed by atoms with Gasteiger partial charge in [0.2, 0.25) is 5.95 Å². The molecule has 8 heteroatoms. The van der Waals surface area contributed by atoms with Crippen molar-refractivity contribution in [3.63, 3.8) is 0 Å². The molecule has 1 heterocycles. The van der Waals surface area contributed by atoms with E-state index in [1.807, 2.05) is 49.4 Å². The van der Waals surface area contributed by atoms with E-state index < -0.39 is 0 Å². The third-order valence-corrected chi connectivity index (χ3v) is 4.03. The second kappa shape index (κ2) is 8.53. The van der Waals surface area contributed by atoms with Gasteiger partial charge in [0.1, 0.15) is 6.61 Å². The Hall–Kier alpha value is -2.80. The van der Waals surface area contributed by atoms with Crippen molar-refractivity contribution >= 4 is 17.5 Å². The van der Waals surface area contributed by atoms with Crippen LogP contribution < -0.4 is 14.8 Å². The first-order valence-electron chi connectivity index (χ1n) is 8.23. The van der Waals surface area contributed by atoms with E-state index in [2.05, 4.69) is 20.8 Å². The second-order valence-corrected chi connectivity index (χ2v) is 6.01. The van der Waals surface area contributed by atoms with E-state index >= 15 is 0 Å². The monoisotopic (exact) mass is 373 g/mol. The van der Waals surface area contributed by atoms with Crippen LogP contribution in [-0.2, 0) is 19.7 Å². The molecular formula is C18H20ClN5O2. The molecule has 0 aliphatic carbocycles. The van der Waals surface area contributed by atoms with Gasteiger partial charge in [0.05, 0.1) is 7.11 Å². The molecule has 0 saturated carbocycles.